The van der Waals surface area contributed by atoms with Gasteiger partial charge in [0.15, 0.2) is 16.6 Å². The molecule has 0 spiro atoms. The monoisotopic (exact) mass is 604 g/mol. The molecule has 6 nitrogen and oxygen atoms in total. The normalized spacial score (nSPS) is 14.9. The van der Waals surface area contributed by atoms with Gasteiger partial charge in [-0.25, -0.2) is 0 Å². The Bertz CT molecular complexity index is 1310. The third kappa shape index (κ3) is 5.40. The van der Waals surface area contributed by atoms with E-state index in [4.69, 9.17) is 33.3 Å². The molecule has 1 N–H and O–H groups in total. The van der Waals surface area contributed by atoms with Crippen LogP contribution in [0.2, 0.25) is 5.02 Å². The van der Waals surface area contributed by atoms with Gasteiger partial charge in [0, 0.05) is 8.59 Å². The minimum Gasteiger partial charge on any atom is -0.493 e. The molecule has 3 aromatic carbocycles. The molecule has 2 amide bonds. The second-order valence-corrected chi connectivity index (χ2v) is 9.33. The molecule has 4 rings (SSSR count). The Labute approximate surface area is 220 Å². The first-order chi connectivity index (χ1) is 16.4. The number of methoxy groups -OCH3 is 1. The van der Waals surface area contributed by atoms with E-state index in [1.807, 2.05) is 24.3 Å². The van der Waals surface area contributed by atoms with Crippen molar-refractivity contribution in [1.82, 2.24) is 5.32 Å². The van der Waals surface area contributed by atoms with E-state index < -0.39 is 11.8 Å². The number of carbonyl (C=O) groups excluding carboxylic acids is 2. The quantitative estimate of drug-likeness (QED) is 0.178. The van der Waals surface area contributed by atoms with E-state index in [0.717, 1.165) is 9.13 Å². The predicted octanol–water partition coefficient (Wildman–Crippen LogP) is 5.36. The van der Waals surface area contributed by atoms with E-state index in [1.54, 1.807) is 42.5 Å². The molecule has 1 aliphatic heterocycles. The van der Waals surface area contributed by atoms with E-state index in [2.05, 4.69) is 27.9 Å². The standard InChI is InChI=1S/C25H18ClIN2O4S/c1-32-22-12-16(7-10-21(22)33-14-15-5-8-18(27)9-6-15)11-20-23(30)28-25(34)29(24(20)31)19-4-2-3-17(26)13-19/h2-13H,14H2,1H3,(H,28,30,34)/b20-11+. The van der Waals surface area contributed by atoms with Gasteiger partial charge in [0.05, 0.1) is 12.8 Å². The molecular formula is C25H18ClIN2O4S. The molecule has 0 aliphatic carbocycles. The average Bonchev–Trinajstić information content (AvgIpc) is 2.81. The van der Waals surface area contributed by atoms with Gasteiger partial charge in [0.1, 0.15) is 12.2 Å². The van der Waals surface area contributed by atoms with Crippen LogP contribution in [0.4, 0.5) is 5.69 Å². The molecule has 1 saturated heterocycles. The van der Waals surface area contributed by atoms with Crippen LogP contribution in [0.1, 0.15) is 11.1 Å². The Morgan fingerprint density at radius 2 is 1.82 bits per heavy atom. The Hall–Kier alpha value is -2.95. The van der Waals surface area contributed by atoms with Crippen molar-refractivity contribution in [2.24, 2.45) is 0 Å². The highest BCUT2D eigenvalue weighted by atomic mass is 127. The van der Waals surface area contributed by atoms with Crippen LogP contribution in [0.25, 0.3) is 6.08 Å². The van der Waals surface area contributed by atoms with Crippen molar-refractivity contribution >= 4 is 75.1 Å². The van der Waals surface area contributed by atoms with Gasteiger partial charge in [-0.1, -0.05) is 35.9 Å². The van der Waals surface area contributed by atoms with Crippen LogP contribution in [-0.4, -0.2) is 24.0 Å². The number of halogens is 2. The van der Waals surface area contributed by atoms with Gasteiger partial charge in [-0.2, -0.15) is 0 Å². The Morgan fingerprint density at radius 1 is 1.06 bits per heavy atom. The summed E-state index contributed by atoms with van der Waals surface area (Å²) in [6, 6.07) is 19.9. The first-order valence-corrected chi connectivity index (χ1v) is 11.9. The topological polar surface area (TPSA) is 67.9 Å². The molecule has 0 radical (unpaired) electrons. The molecule has 9 heteroatoms. The second kappa shape index (κ2) is 10.5. The minimum atomic E-state index is -0.578. The summed E-state index contributed by atoms with van der Waals surface area (Å²) in [5.41, 5.74) is 2.01. The smallest absolute Gasteiger partial charge is 0.270 e. The van der Waals surface area contributed by atoms with Crippen LogP contribution in [0, 0.1) is 3.57 Å². The van der Waals surface area contributed by atoms with E-state index in [0.29, 0.717) is 34.4 Å². The second-order valence-electron chi connectivity index (χ2n) is 7.26. The first-order valence-electron chi connectivity index (χ1n) is 10.1. The number of ether oxygens (including phenoxy) is 2. The fourth-order valence-electron chi connectivity index (χ4n) is 3.31. The number of carbonyl (C=O) groups is 2. The fourth-order valence-corrected chi connectivity index (χ4v) is 4.13. The summed E-state index contributed by atoms with van der Waals surface area (Å²) >= 11 is 13.5. The van der Waals surface area contributed by atoms with Crippen molar-refractivity contribution in [3.63, 3.8) is 0 Å². The number of hydrogen-bond donors (Lipinski definition) is 1. The number of nitrogens with zero attached hydrogens (tertiary/aromatic N) is 1. The van der Waals surface area contributed by atoms with Crippen molar-refractivity contribution in [2.75, 3.05) is 12.0 Å². The van der Waals surface area contributed by atoms with E-state index in [1.165, 1.54) is 18.1 Å². The van der Waals surface area contributed by atoms with Crippen LogP contribution in [0.5, 0.6) is 11.5 Å². The number of hydrogen-bond acceptors (Lipinski definition) is 5. The van der Waals surface area contributed by atoms with Crippen LogP contribution in [0.3, 0.4) is 0 Å². The zero-order valence-electron chi connectivity index (χ0n) is 17.9. The summed E-state index contributed by atoms with van der Waals surface area (Å²) in [7, 11) is 1.53. The van der Waals surface area contributed by atoms with Crippen LogP contribution in [0.15, 0.2) is 72.3 Å². The Balaban J connectivity index is 1.59. The third-order valence-electron chi connectivity index (χ3n) is 4.97. The number of nitrogens with one attached hydrogen (secondary N) is 1. The van der Waals surface area contributed by atoms with Gasteiger partial charge in [-0.15, -0.1) is 0 Å². The average molecular weight is 605 g/mol. The summed E-state index contributed by atoms with van der Waals surface area (Å²) in [6.07, 6.45) is 1.49. The maximum absolute atomic E-state index is 13.2. The lowest BCUT2D eigenvalue weighted by atomic mass is 10.1. The lowest BCUT2D eigenvalue weighted by Crippen LogP contribution is -2.54. The molecule has 1 aliphatic rings. The van der Waals surface area contributed by atoms with Crippen molar-refractivity contribution < 1.29 is 19.1 Å². The number of benzene rings is 3. The Morgan fingerprint density at radius 3 is 2.53 bits per heavy atom. The third-order valence-corrected chi connectivity index (χ3v) is 6.21. The van der Waals surface area contributed by atoms with Gasteiger partial charge in [-0.05, 0) is 94.5 Å². The largest absolute Gasteiger partial charge is 0.493 e. The van der Waals surface area contributed by atoms with E-state index in [9.17, 15) is 9.59 Å². The molecule has 0 unspecified atom stereocenters. The van der Waals surface area contributed by atoms with Crippen molar-refractivity contribution in [3.8, 4) is 11.5 Å². The predicted molar refractivity (Wildman–Crippen MR) is 144 cm³/mol. The maximum atomic E-state index is 13.2. The van der Waals surface area contributed by atoms with Gasteiger partial charge in [-0.3, -0.25) is 19.8 Å². The molecule has 0 bridgehead atoms. The van der Waals surface area contributed by atoms with Gasteiger partial charge < -0.3 is 9.47 Å². The number of amides is 2. The summed E-state index contributed by atoms with van der Waals surface area (Å²) < 4.78 is 12.5. The van der Waals surface area contributed by atoms with Gasteiger partial charge in [0.2, 0.25) is 0 Å². The van der Waals surface area contributed by atoms with Crippen molar-refractivity contribution in [2.45, 2.75) is 6.61 Å². The molecule has 172 valence electrons. The molecule has 1 heterocycles. The van der Waals surface area contributed by atoms with E-state index in [-0.39, 0.29) is 10.7 Å². The van der Waals surface area contributed by atoms with Crippen LogP contribution < -0.4 is 19.7 Å². The molecule has 0 saturated carbocycles. The maximum Gasteiger partial charge on any atom is 0.270 e. The highest BCUT2D eigenvalue weighted by Gasteiger charge is 2.34. The lowest BCUT2D eigenvalue weighted by Gasteiger charge is -2.29. The zero-order chi connectivity index (χ0) is 24.2. The van der Waals surface area contributed by atoms with Gasteiger partial charge >= 0.3 is 0 Å². The van der Waals surface area contributed by atoms with E-state index >= 15 is 0 Å². The lowest BCUT2D eigenvalue weighted by molar-refractivity contribution is -0.122. The van der Waals surface area contributed by atoms with Crippen molar-refractivity contribution in [3.05, 3.63) is 92.0 Å². The molecule has 0 atom stereocenters. The first kappa shape index (κ1) is 24.2. The minimum absolute atomic E-state index is 0.00801. The summed E-state index contributed by atoms with van der Waals surface area (Å²) in [5.74, 6) is -0.101. The number of rotatable bonds is 6. The van der Waals surface area contributed by atoms with Crippen LogP contribution >= 0.6 is 46.4 Å². The summed E-state index contributed by atoms with van der Waals surface area (Å²) in [5, 5.41) is 3.00. The SMILES string of the molecule is COc1cc(/C=C2\C(=O)NC(=S)N(c3cccc(Cl)c3)C2=O)ccc1OCc1ccc(I)cc1. The fraction of sp³-hybridized carbons (Fsp3) is 0.0800. The van der Waals surface area contributed by atoms with Crippen molar-refractivity contribution in [1.29, 1.82) is 0 Å². The summed E-state index contributed by atoms with van der Waals surface area (Å²) in [4.78, 5) is 27.0. The zero-order valence-corrected chi connectivity index (χ0v) is 21.6. The number of anilines is 1. The summed E-state index contributed by atoms with van der Waals surface area (Å²) in [6.45, 7) is 0.376. The van der Waals surface area contributed by atoms with Gasteiger partial charge in [0.25, 0.3) is 11.8 Å². The molecule has 0 aromatic heterocycles. The molecule has 34 heavy (non-hydrogen) atoms. The highest BCUT2D eigenvalue weighted by Crippen LogP contribution is 2.31. The van der Waals surface area contributed by atoms with Crippen LogP contribution in [-0.2, 0) is 16.2 Å². The number of thiocarbonyl (C=S) groups is 1. The Kier molecular flexibility index (Phi) is 7.50. The molecule has 1 fully saturated rings. The molecular weight excluding hydrogens is 587 g/mol. The highest BCUT2D eigenvalue weighted by molar-refractivity contribution is 14.1. The molecule has 3 aromatic rings.